The normalized spacial score (nSPS) is 10.7. The molecule has 1 N–H and O–H groups in total. The zero-order valence-corrected chi connectivity index (χ0v) is 15.1. The molecule has 0 aliphatic rings. The molecule has 26 heavy (non-hydrogen) atoms. The van der Waals surface area contributed by atoms with Gasteiger partial charge in [0.25, 0.3) is 0 Å². The van der Waals surface area contributed by atoms with E-state index < -0.39 is 11.9 Å². The Kier molecular flexibility index (Phi) is 5.49. The van der Waals surface area contributed by atoms with Crippen LogP contribution in [0.25, 0.3) is 0 Å². The van der Waals surface area contributed by atoms with Gasteiger partial charge in [-0.3, -0.25) is 4.79 Å². The van der Waals surface area contributed by atoms with Gasteiger partial charge in [0.2, 0.25) is 5.91 Å². The number of aromatic carboxylic acids is 1. The minimum Gasteiger partial charge on any atom is -0.545 e. The van der Waals surface area contributed by atoms with E-state index in [1.165, 1.54) is 11.3 Å². The van der Waals surface area contributed by atoms with E-state index in [2.05, 4.69) is 5.32 Å². The van der Waals surface area contributed by atoms with Crippen molar-refractivity contribution in [1.82, 2.24) is 0 Å². The van der Waals surface area contributed by atoms with Gasteiger partial charge < -0.3 is 15.2 Å². The number of carboxylic acids is 1. The Morgan fingerprint density at radius 1 is 1.00 bits per heavy atom. The number of carboxylic acid groups (broad SMARTS) is 1. The Morgan fingerprint density at radius 3 is 2.00 bits per heavy atom. The summed E-state index contributed by atoms with van der Waals surface area (Å²) in [6, 6.07) is 20.4. The van der Waals surface area contributed by atoms with Crippen molar-refractivity contribution in [3.8, 4) is 0 Å². The number of hydrogen-bond donors (Lipinski definition) is 1. The van der Waals surface area contributed by atoms with Crippen LogP contribution in [-0.2, 0) is 11.2 Å². The van der Waals surface area contributed by atoms with Crippen LogP contribution in [0.4, 0.5) is 5.00 Å². The molecule has 0 atom stereocenters. The molecule has 0 saturated carbocycles. The number of nitrogens with one attached hydrogen (secondary N) is 1. The van der Waals surface area contributed by atoms with Crippen molar-refractivity contribution in [3.63, 3.8) is 0 Å². The minimum absolute atomic E-state index is 0.0278. The number of amides is 1. The van der Waals surface area contributed by atoms with Crippen LogP contribution < -0.4 is 10.4 Å². The fourth-order valence-corrected chi connectivity index (χ4v) is 3.82. The minimum atomic E-state index is -1.28. The molecule has 0 aliphatic heterocycles. The molecular formula is C21H18NO3S-. The van der Waals surface area contributed by atoms with Gasteiger partial charge in [-0.15, -0.1) is 11.3 Å². The maximum Gasteiger partial charge on any atom is 0.237 e. The number of aryl methyl sites for hydroxylation is 1. The number of anilines is 1. The van der Waals surface area contributed by atoms with E-state index in [-0.39, 0.29) is 11.5 Å². The van der Waals surface area contributed by atoms with Crippen LogP contribution in [0.5, 0.6) is 0 Å². The fourth-order valence-electron chi connectivity index (χ4n) is 2.83. The fraction of sp³-hybridized carbons (Fsp3) is 0.143. The number of hydrogen-bond acceptors (Lipinski definition) is 4. The van der Waals surface area contributed by atoms with E-state index in [9.17, 15) is 14.7 Å². The van der Waals surface area contributed by atoms with Crippen LogP contribution in [0.1, 0.15) is 39.2 Å². The zero-order chi connectivity index (χ0) is 18.5. The summed E-state index contributed by atoms with van der Waals surface area (Å²) in [4.78, 5) is 25.3. The summed E-state index contributed by atoms with van der Waals surface area (Å²) in [6.45, 7) is 1.94. The molecule has 0 aliphatic carbocycles. The standard InChI is InChI=1S/C21H19NO3S/c1-2-16-13-17(21(24)25)20(26-16)22-19(23)18(14-9-5-3-6-10-14)15-11-7-4-8-12-15/h3-13,18H,2H2,1H3,(H,22,23)(H,24,25)/p-1. The molecule has 3 aromatic rings. The predicted molar refractivity (Wildman–Crippen MR) is 101 cm³/mol. The molecule has 0 unspecified atom stereocenters. The molecular weight excluding hydrogens is 346 g/mol. The third kappa shape index (κ3) is 3.83. The van der Waals surface area contributed by atoms with Crippen LogP contribution in [0, 0.1) is 0 Å². The maximum atomic E-state index is 13.1. The lowest BCUT2D eigenvalue weighted by molar-refractivity contribution is -0.254. The van der Waals surface area contributed by atoms with Crippen molar-refractivity contribution in [2.24, 2.45) is 0 Å². The summed E-state index contributed by atoms with van der Waals surface area (Å²) < 4.78 is 0. The highest BCUT2D eigenvalue weighted by atomic mass is 32.1. The highest BCUT2D eigenvalue weighted by molar-refractivity contribution is 7.16. The van der Waals surface area contributed by atoms with Gasteiger partial charge in [0.15, 0.2) is 0 Å². The summed E-state index contributed by atoms with van der Waals surface area (Å²) in [5.41, 5.74) is 1.72. The van der Waals surface area contributed by atoms with Crippen LogP contribution >= 0.6 is 11.3 Å². The summed E-state index contributed by atoms with van der Waals surface area (Å²) in [5, 5.41) is 14.5. The quantitative estimate of drug-likeness (QED) is 0.728. The number of carbonyl (C=O) groups is 2. The Hall–Kier alpha value is -2.92. The lowest BCUT2D eigenvalue weighted by Crippen LogP contribution is -2.26. The van der Waals surface area contributed by atoms with Gasteiger partial charge in [-0.25, -0.2) is 0 Å². The summed E-state index contributed by atoms with van der Waals surface area (Å²) in [6.07, 6.45) is 0.696. The maximum absolute atomic E-state index is 13.1. The van der Waals surface area contributed by atoms with Crippen molar-refractivity contribution in [2.45, 2.75) is 19.3 Å². The first kappa shape index (κ1) is 17.9. The largest absolute Gasteiger partial charge is 0.545 e. The molecule has 132 valence electrons. The van der Waals surface area contributed by atoms with Gasteiger partial charge in [-0.2, -0.15) is 0 Å². The number of rotatable bonds is 6. The van der Waals surface area contributed by atoms with Gasteiger partial charge in [-0.1, -0.05) is 67.6 Å². The Morgan fingerprint density at radius 2 is 1.54 bits per heavy atom. The van der Waals surface area contributed by atoms with Gasteiger partial charge >= 0.3 is 0 Å². The van der Waals surface area contributed by atoms with Crippen molar-refractivity contribution in [1.29, 1.82) is 0 Å². The summed E-state index contributed by atoms with van der Waals surface area (Å²) >= 11 is 1.27. The molecule has 0 fully saturated rings. The third-order valence-corrected chi connectivity index (χ3v) is 5.31. The van der Waals surface area contributed by atoms with Crippen molar-refractivity contribution < 1.29 is 14.7 Å². The summed E-state index contributed by atoms with van der Waals surface area (Å²) in [7, 11) is 0. The molecule has 3 rings (SSSR count). The molecule has 1 heterocycles. The molecule has 0 bridgehead atoms. The monoisotopic (exact) mass is 364 g/mol. The van der Waals surface area contributed by atoms with Gasteiger partial charge in [0, 0.05) is 10.4 Å². The second-order valence-electron chi connectivity index (χ2n) is 5.84. The number of benzene rings is 2. The third-order valence-electron chi connectivity index (χ3n) is 4.12. The molecule has 1 amide bonds. The van der Waals surface area contributed by atoms with Gasteiger partial charge in [-0.05, 0) is 23.6 Å². The second kappa shape index (κ2) is 7.97. The van der Waals surface area contributed by atoms with E-state index in [4.69, 9.17) is 0 Å². The average Bonchev–Trinajstić information content (AvgIpc) is 3.07. The van der Waals surface area contributed by atoms with E-state index in [0.29, 0.717) is 11.4 Å². The molecule has 5 heteroatoms. The van der Waals surface area contributed by atoms with E-state index in [1.54, 1.807) is 6.07 Å². The second-order valence-corrected chi connectivity index (χ2v) is 6.98. The molecule has 1 aromatic heterocycles. The first-order chi connectivity index (χ1) is 12.6. The van der Waals surface area contributed by atoms with E-state index in [0.717, 1.165) is 16.0 Å². The molecule has 0 spiro atoms. The van der Waals surface area contributed by atoms with Crippen molar-refractivity contribution in [2.75, 3.05) is 5.32 Å². The predicted octanol–water partition coefficient (Wildman–Crippen LogP) is 3.44. The lowest BCUT2D eigenvalue weighted by atomic mass is 9.90. The van der Waals surface area contributed by atoms with Gasteiger partial charge in [0.1, 0.15) is 5.00 Å². The Bertz CT molecular complexity index is 864. The van der Waals surface area contributed by atoms with Crippen LogP contribution in [0.15, 0.2) is 66.7 Å². The van der Waals surface area contributed by atoms with Crippen molar-refractivity contribution in [3.05, 3.63) is 88.3 Å². The Balaban J connectivity index is 1.97. The molecule has 0 radical (unpaired) electrons. The topological polar surface area (TPSA) is 69.2 Å². The van der Waals surface area contributed by atoms with Crippen LogP contribution in [0.2, 0.25) is 0 Å². The van der Waals surface area contributed by atoms with Crippen LogP contribution in [-0.4, -0.2) is 11.9 Å². The average molecular weight is 364 g/mol. The first-order valence-corrected chi connectivity index (χ1v) is 9.16. The van der Waals surface area contributed by atoms with E-state index in [1.807, 2.05) is 67.6 Å². The van der Waals surface area contributed by atoms with Crippen molar-refractivity contribution >= 4 is 28.2 Å². The summed E-state index contributed by atoms with van der Waals surface area (Å²) in [5.74, 6) is -2.08. The first-order valence-electron chi connectivity index (χ1n) is 8.35. The highest BCUT2D eigenvalue weighted by Gasteiger charge is 2.24. The van der Waals surface area contributed by atoms with Crippen LogP contribution in [0.3, 0.4) is 0 Å². The Labute approximate surface area is 156 Å². The number of thiophene rings is 1. The SMILES string of the molecule is CCc1cc(C(=O)[O-])c(NC(=O)C(c2ccccc2)c2ccccc2)s1. The van der Waals surface area contributed by atoms with Gasteiger partial charge in [0.05, 0.1) is 11.9 Å². The lowest BCUT2D eigenvalue weighted by Gasteiger charge is -2.18. The molecule has 4 nitrogen and oxygen atoms in total. The molecule has 2 aromatic carbocycles. The van der Waals surface area contributed by atoms with E-state index >= 15 is 0 Å². The molecule has 0 saturated heterocycles. The highest BCUT2D eigenvalue weighted by Crippen LogP contribution is 2.31. The number of carbonyl (C=O) groups excluding carboxylic acids is 2. The zero-order valence-electron chi connectivity index (χ0n) is 14.3. The smallest absolute Gasteiger partial charge is 0.237 e.